The van der Waals surface area contributed by atoms with Crippen LogP contribution < -0.4 is 9.80 Å². The third-order valence-electron chi connectivity index (χ3n) is 4.74. The lowest BCUT2D eigenvalue weighted by Gasteiger charge is -2.25. The minimum Gasteiger partial charge on any atom is -0.354 e. The predicted molar refractivity (Wildman–Crippen MR) is 106 cm³/mol. The van der Waals surface area contributed by atoms with Crippen LogP contribution in [-0.2, 0) is 0 Å². The molecule has 0 radical (unpaired) electrons. The number of aromatic nitrogens is 4. The fourth-order valence-corrected chi connectivity index (χ4v) is 3.92. The topological polar surface area (TPSA) is 58.0 Å². The van der Waals surface area contributed by atoms with Gasteiger partial charge in [-0.15, -0.1) is 11.3 Å². The van der Waals surface area contributed by atoms with Gasteiger partial charge in [-0.1, -0.05) is 6.07 Å². The fraction of sp³-hybridized carbons (Fsp3) is 0.368. The summed E-state index contributed by atoms with van der Waals surface area (Å²) >= 11 is 1.70. The van der Waals surface area contributed by atoms with Crippen molar-refractivity contribution in [2.75, 3.05) is 36.0 Å². The van der Waals surface area contributed by atoms with E-state index in [1.54, 1.807) is 17.5 Å². The summed E-state index contributed by atoms with van der Waals surface area (Å²) in [5.41, 5.74) is 2.97. The van der Waals surface area contributed by atoms with Crippen LogP contribution in [0.25, 0.3) is 11.5 Å². The quantitative estimate of drug-likeness (QED) is 0.709. The molecule has 0 atom stereocenters. The number of hydrogen-bond donors (Lipinski definition) is 0. The van der Waals surface area contributed by atoms with E-state index in [0.717, 1.165) is 60.5 Å². The molecule has 0 aromatic carbocycles. The van der Waals surface area contributed by atoms with Crippen molar-refractivity contribution >= 4 is 22.3 Å². The first-order valence-corrected chi connectivity index (χ1v) is 9.76. The fourth-order valence-electron chi connectivity index (χ4n) is 3.22. The summed E-state index contributed by atoms with van der Waals surface area (Å²) in [6.45, 7) is 8.05. The van der Waals surface area contributed by atoms with E-state index in [4.69, 9.17) is 4.98 Å². The van der Waals surface area contributed by atoms with Gasteiger partial charge in [-0.05, 0) is 32.4 Å². The first kappa shape index (κ1) is 16.9. The number of hydrogen-bond acceptors (Lipinski definition) is 7. The van der Waals surface area contributed by atoms with Crippen molar-refractivity contribution in [3.05, 3.63) is 47.2 Å². The maximum atomic E-state index is 4.88. The second kappa shape index (κ2) is 7.37. The van der Waals surface area contributed by atoms with Gasteiger partial charge in [0.15, 0.2) is 11.0 Å². The molecular weight excluding hydrogens is 344 g/mol. The van der Waals surface area contributed by atoms with Crippen LogP contribution in [0.15, 0.2) is 36.0 Å². The SMILES string of the molecule is Cc1nc(-c2ccccn2)nc(N2CCCN(c3nccs3)CC2)c1C. The van der Waals surface area contributed by atoms with Crippen molar-refractivity contribution in [2.45, 2.75) is 20.3 Å². The van der Waals surface area contributed by atoms with Gasteiger partial charge in [0.05, 0.1) is 0 Å². The van der Waals surface area contributed by atoms with Gasteiger partial charge >= 0.3 is 0 Å². The van der Waals surface area contributed by atoms with Gasteiger partial charge in [-0.3, -0.25) is 4.98 Å². The van der Waals surface area contributed by atoms with Crippen LogP contribution >= 0.6 is 11.3 Å². The Balaban J connectivity index is 1.61. The summed E-state index contributed by atoms with van der Waals surface area (Å²) in [4.78, 5) is 23.2. The Kier molecular flexibility index (Phi) is 4.79. The number of thiazole rings is 1. The molecule has 26 heavy (non-hydrogen) atoms. The Hall–Kier alpha value is -2.54. The summed E-state index contributed by atoms with van der Waals surface area (Å²) in [6.07, 6.45) is 4.74. The molecule has 7 heteroatoms. The highest BCUT2D eigenvalue weighted by atomic mass is 32.1. The van der Waals surface area contributed by atoms with Gasteiger partial charge < -0.3 is 9.80 Å². The van der Waals surface area contributed by atoms with Crippen molar-refractivity contribution < 1.29 is 0 Å². The van der Waals surface area contributed by atoms with E-state index >= 15 is 0 Å². The molecule has 0 N–H and O–H groups in total. The molecule has 6 nitrogen and oxygen atoms in total. The first-order chi connectivity index (χ1) is 12.7. The van der Waals surface area contributed by atoms with Crippen molar-refractivity contribution in [3.63, 3.8) is 0 Å². The van der Waals surface area contributed by atoms with E-state index in [1.807, 2.05) is 36.7 Å². The number of aryl methyl sites for hydroxylation is 1. The molecule has 1 aliphatic rings. The molecule has 0 spiro atoms. The second-order valence-corrected chi connectivity index (χ2v) is 7.31. The minimum absolute atomic E-state index is 0.699. The first-order valence-electron chi connectivity index (χ1n) is 8.88. The Labute approximate surface area is 157 Å². The zero-order valence-corrected chi connectivity index (χ0v) is 15.9. The molecule has 4 heterocycles. The minimum atomic E-state index is 0.699. The normalized spacial score (nSPS) is 15.2. The van der Waals surface area contributed by atoms with E-state index in [9.17, 15) is 0 Å². The maximum Gasteiger partial charge on any atom is 0.185 e. The van der Waals surface area contributed by atoms with Crippen LogP contribution in [0.3, 0.4) is 0 Å². The predicted octanol–water partition coefficient (Wildman–Crippen LogP) is 3.33. The lowest BCUT2D eigenvalue weighted by Crippen LogP contribution is -2.31. The van der Waals surface area contributed by atoms with Crippen molar-refractivity contribution in [2.24, 2.45) is 0 Å². The monoisotopic (exact) mass is 366 g/mol. The van der Waals surface area contributed by atoms with Crippen LogP contribution in [-0.4, -0.2) is 46.1 Å². The van der Waals surface area contributed by atoms with Crippen LogP contribution in [0, 0.1) is 13.8 Å². The van der Waals surface area contributed by atoms with Gasteiger partial charge in [0.25, 0.3) is 0 Å². The molecule has 0 aliphatic carbocycles. The van der Waals surface area contributed by atoms with Gasteiger partial charge in [-0.25, -0.2) is 15.0 Å². The van der Waals surface area contributed by atoms with Crippen LogP contribution in [0.5, 0.6) is 0 Å². The largest absolute Gasteiger partial charge is 0.354 e. The number of rotatable bonds is 3. The molecule has 1 aliphatic heterocycles. The van der Waals surface area contributed by atoms with Gasteiger partial charge in [0.1, 0.15) is 11.5 Å². The third kappa shape index (κ3) is 3.39. The van der Waals surface area contributed by atoms with Crippen molar-refractivity contribution in [3.8, 4) is 11.5 Å². The standard InChI is InChI=1S/C19H22N6S/c1-14-15(2)22-17(16-6-3-4-7-20-16)23-18(14)24-9-5-10-25(12-11-24)19-21-8-13-26-19/h3-4,6-8,13H,5,9-12H2,1-2H3. The average molecular weight is 366 g/mol. The molecule has 4 rings (SSSR count). The summed E-state index contributed by atoms with van der Waals surface area (Å²) < 4.78 is 0. The molecule has 1 saturated heterocycles. The highest BCUT2D eigenvalue weighted by Crippen LogP contribution is 2.26. The van der Waals surface area contributed by atoms with E-state index in [0.29, 0.717) is 5.82 Å². The van der Waals surface area contributed by atoms with Gasteiger partial charge in [-0.2, -0.15) is 0 Å². The maximum absolute atomic E-state index is 4.88. The number of anilines is 2. The van der Waals surface area contributed by atoms with Crippen LogP contribution in [0.2, 0.25) is 0 Å². The van der Waals surface area contributed by atoms with Crippen molar-refractivity contribution in [1.82, 2.24) is 19.9 Å². The zero-order chi connectivity index (χ0) is 17.9. The molecular formula is C19H22N6S. The number of nitrogens with zero attached hydrogens (tertiary/aromatic N) is 6. The molecule has 0 bridgehead atoms. The molecule has 0 amide bonds. The number of pyridine rings is 1. The molecule has 3 aromatic heterocycles. The highest BCUT2D eigenvalue weighted by molar-refractivity contribution is 7.13. The van der Waals surface area contributed by atoms with E-state index in [-0.39, 0.29) is 0 Å². The Morgan fingerprint density at radius 2 is 1.77 bits per heavy atom. The third-order valence-corrected chi connectivity index (χ3v) is 5.57. The van der Waals surface area contributed by atoms with E-state index in [2.05, 4.69) is 31.7 Å². The van der Waals surface area contributed by atoms with Crippen LogP contribution in [0.1, 0.15) is 17.7 Å². The van der Waals surface area contributed by atoms with Gasteiger partial charge in [0, 0.05) is 55.2 Å². The summed E-state index contributed by atoms with van der Waals surface area (Å²) in [7, 11) is 0. The van der Waals surface area contributed by atoms with E-state index < -0.39 is 0 Å². The molecule has 0 saturated carbocycles. The lowest BCUT2D eigenvalue weighted by molar-refractivity contribution is 0.790. The highest BCUT2D eigenvalue weighted by Gasteiger charge is 2.21. The molecule has 3 aromatic rings. The molecule has 0 unspecified atom stereocenters. The van der Waals surface area contributed by atoms with Crippen LogP contribution in [0.4, 0.5) is 10.9 Å². The lowest BCUT2D eigenvalue weighted by atomic mass is 10.2. The Bertz CT molecular complexity index is 865. The summed E-state index contributed by atoms with van der Waals surface area (Å²) in [6, 6.07) is 5.84. The molecule has 1 fully saturated rings. The summed E-state index contributed by atoms with van der Waals surface area (Å²) in [5.74, 6) is 1.73. The average Bonchev–Trinajstić information content (AvgIpc) is 3.10. The Morgan fingerprint density at radius 3 is 2.54 bits per heavy atom. The second-order valence-electron chi connectivity index (χ2n) is 6.44. The zero-order valence-electron chi connectivity index (χ0n) is 15.1. The van der Waals surface area contributed by atoms with Gasteiger partial charge in [0.2, 0.25) is 0 Å². The van der Waals surface area contributed by atoms with E-state index in [1.165, 1.54) is 0 Å². The smallest absolute Gasteiger partial charge is 0.185 e. The summed E-state index contributed by atoms with van der Waals surface area (Å²) in [5, 5.41) is 3.14. The Morgan fingerprint density at radius 1 is 0.923 bits per heavy atom. The molecule has 134 valence electrons. The van der Waals surface area contributed by atoms with Crippen molar-refractivity contribution in [1.29, 1.82) is 0 Å².